The summed E-state index contributed by atoms with van der Waals surface area (Å²) < 4.78 is 36.8. The van der Waals surface area contributed by atoms with E-state index in [9.17, 15) is 13.2 Å². The van der Waals surface area contributed by atoms with Crippen LogP contribution in [0.3, 0.4) is 0 Å². The minimum absolute atomic E-state index is 0.194. The molecule has 0 spiro atoms. The van der Waals surface area contributed by atoms with Crippen LogP contribution in [0.2, 0.25) is 5.02 Å². The largest absolute Gasteiger partial charge is 0.495 e. The molecule has 0 aliphatic rings. The van der Waals surface area contributed by atoms with Crippen LogP contribution < -0.4 is 19.1 Å². The lowest BCUT2D eigenvalue weighted by Gasteiger charge is -2.29. The number of anilines is 1. The fourth-order valence-electron chi connectivity index (χ4n) is 2.89. The quantitative estimate of drug-likeness (QED) is 0.647. The van der Waals surface area contributed by atoms with Crippen molar-refractivity contribution in [2.45, 2.75) is 26.4 Å². The van der Waals surface area contributed by atoms with Gasteiger partial charge in [-0.3, -0.25) is 9.10 Å². The third kappa shape index (κ3) is 5.77. The Morgan fingerprint density at radius 3 is 2.52 bits per heavy atom. The normalized spacial score (nSPS) is 12.2. The third-order valence-corrected chi connectivity index (χ3v) is 5.65. The number of para-hydroxylation sites is 1. The zero-order valence-electron chi connectivity index (χ0n) is 16.8. The highest BCUT2D eigenvalue weighted by Gasteiger charge is 2.31. The van der Waals surface area contributed by atoms with E-state index in [0.29, 0.717) is 23.1 Å². The molecule has 2 aromatic rings. The molecule has 0 radical (unpaired) electrons. The fraction of sp³-hybridized carbons (Fsp3) is 0.350. The number of amides is 1. The van der Waals surface area contributed by atoms with E-state index in [1.807, 2.05) is 31.2 Å². The first-order chi connectivity index (χ1) is 13.7. The maximum Gasteiger partial charge on any atom is 0.243 e. The number of ether oxygens (including phenoxy) is 2. The zero-order chi connectivity index (χ0) is 21.6. The van der Waals surface area contributed by atoms with Crippen molar-refractivity contribution in [3.63, 3.8) is 0 Å². The van der Waals surface area contributed by atoms with Crippen LogP contribution in [0.5, 0.6) is 11.5 Å². The summed E-state index contributed by atoms with van der Waals surface area (Å²) in [6.07, 6.45) is 1.03. The van der Waals surface area contributed by atoms with Crippen molar-refractivity contribution in [1.29, 1.82) is 0 Å². The van der Waals surface area contributed by atoms with E-state index in [2.05, 4.69) is 5.32 Å². The summed E-state index contributed by atoms with van der Waals surface area (Å²) in [6.45, 7) is 4.08. The second-order valence-electron chi connectivity index (χ2n) is 6.31. The van der Waals surface area contributed by atoms with Gasteiger partial charge in [0.2, 0.25) is 15.9 Å². The Labute approximate surface area is 176 Å². The molecule has 0 saturated heterocycles. The highest BCUT2D eigenvalue weighted by atomic mass is 35.5. The number of carbonyl (C=O) groups excluding carboxylic acids is 1. The van der Waals surface area contributed by atoms with Crippen molar-refractivity contribution >= 4 is 33.2 Å². The second kappa shape index (κ2) is 9.84. The first-order valence-corrected chi connectivity index (χ1v) is 11.2. The maximum absolute atomic E-state index is 12.8. The number of hydrogen-bond donors (Lipinski definition) is 1. The minimum Gasteiger partial charge on any atom is -0.495 e. The lowest BCUT2D eigenvalue weighted by molar-refractivity contribution is -0.122. The Balaban J connectivity index is 2.28. The molecule has 29 heavy (non-hydrogen) atoms. The summed E-state index contributed by atoms with van der Waals surface area (Å²) in [5, 5.41) is 3.10. The molecule has 0 aliphatic heterocycles. The van der Waals surface area contributed by atoms with E-state index in [-0.39, 0.29) is 12.2 Å². The number of methoxy groups -OCH3 is 1. The smallest absolute Gasteiger partial charge is 0.243 e. The van der Waals surface area contributed by atoms with Gasteiger partial charge in [0.05, 0.1) is 25.7 Å². The van der Waals surface area contributed by atoms with E-state index in [1.165, 1.54) is 20.1 Å². The number of benzene rings is 2. The number of carbonyl (C=O) groups is 1. The van der Waals surface area contributed by atoms with E-state index in [1.54, 1.807) is 12.1 Å². The fourth-order valence-corrected chi connectivity index (χ4v) is 4.23. The molecule has 9 heteroatoms. The van der Waals surface area contributed by atoms with Gasteiger partial charge in [0.1, 0.15) is 17.5 Å². The Morgan fingerprint density at radius 2 is 1.90 bits per heavy atom. The zero-order valence-corrected chi connectivity index (χ0v) is 18.4. The van der Waals surface area contributed by atoms with Gasteiger partial charge in [0.25, 0.3) is 0 Å². The molecule has 0 saturated carbocycles. The van der Waals surface area contributed by atoms with E-state index < -0.39 is 22.0 Å². The van der Waals surface area contributed by atoms with Crippen molar-refractivity contribution < 1.29 is 22.7 Å². The number of sulfonamides is 1. The minimum atomic E-state index is -3.80. The van der Waals surface area contributed by atoms with Gasteiger partial charge in [-0.1, -0.05) is 29.8 Å². The Hall–Kier alpha value is -2.45. The molecule has 0 aromatic heterocycles. The lowest BCUT2D eigenvalue weighted by Crippen LogP contribution is -2.47. The summed E-state index contributed by atoms with van der Waals surface area (Å²) >= 11 is 6.05. The lowest BCUT2D eigenvalue weighted by atomic mass is 10.2. The average molecular weight is 441 g/mol. The molecule has 2 aromatic carbocycles. The molecule has 7 nitrogen and oxygen atoms in total. The van der Waals surface area contributed by atoms with Gasteiger partial charge < -0.3 is 14.8 Å². The Kier molecular flexibility index (Phi) is 7.75. The van der Waals surface area contributed by atoms with Crippen molar-refractivity contribution in [3.05, 3.63) is 53.1 Å². The third-order valence-electron chi connectivity index (χ3n) is 4.19. The van der Waals surface area contributed by atoms with E-state index >= 15 is 0 Å². The summed E-state index contributed by atoms with van der Waals surface area (Å²) in [6, 6.07) is 10.9. The summed E-state index contributed by atoms with van der Waals surface area (Å²) in [7, 11) is -2.38. The van der Waals surface area contributed by atoms with Gasteiger partial charge in [0, 0.05) is 17.1 Å². The molecule has 1 atom stereocenters. The number of nitrogens with zero attached hydrogens (tertiary/aromatic N) is 1. The van der Waals surface area contributed by atoms with Crippen molar-refractivity contribution in [1.82, 2.24) is 5.32 Å². The Morgan fingerprint density at radius 1 is 1.21 bits per heavy atom. The number of halogens is 1. The highest BCUT2D eigenvalue weighted by molar-refractivity contribution is 7.92. The molecule has 0 aliphatic carbocycles. The van der Waals surface area contributed by atoms with Crippen LogP contribution in [0.1, 0.15) is 19.4 Å². The van der Waals surface area contributed by atoms with Crippen LogP contribution in [0.25, 0.3) is 0 Å². The molecular weight excluding hydrogens is 416 g/mol. The molecule has 1 N–H and O–H groups in total. The molecule has 1 amide bonds. The van der Waals surface area contributed by atoms with Gasteiger partial charge in [-0.15, -0.1) is 0 Å². The van der Waals surface area contributed by atoms with Crippen LogP contribution in [0.4, 0.5) is 5.69 Å². The number of hydrogen-bond acceptors (Lipinski definition) is 5. The Bertz CT molecular complexity index is 965. The molecule has 0 unspecified atom stereocenters. The second-order valence-corrected chi connectivity index (χ2v) is 8.61. The van der Waals surface area contributed by atoms with Gasteiger partial charge in [-0.2, -0.15) is 0 Å². The summed E-state index contributed by atoms with van der Waals surface area (Å²) in [5.41, 5.74) is 0.987. The summed E-state index contributed by atoms with van der Waals surface area (Å²) in [5.74, 6) is 0.490. The highest BCUT2D eigenvalue weighted by Crippen LogP contribution is 2.34. The molecule has 158 valence electrons. The SMILES string of the molecule is CCOc1ccccc1CNC(=O)[C@@H](C)N(c1cc(Cl)ccc1OC)S(C)(=O)=O. The predicted molar refractivity (Wildman–Crippen MR) is 114 cm³/mol. The van der Waals surface area contributed by atoms with Crippen LogP contribution >= 0.6 is 11.6 Å². The van der Waals surface area contributed by atoms with Crippen LogP contribution in [0.15, 0.2) is 42.5 Å². The molecule has 0 fully saturated rings. The van der Waals surface area contributed by atoms with Gasteiger partial charge >= 0.3 is 0 Å². The first kappa shape index (κ1) is 22.8. The van der Waals surface area contributed by atoms with E-state index in [4.69, 9.17) is 21.1 Å². The monoisotopic (exact) mass is 440 g/mol. The number of nitrogens with one attached hydrogen (secondary N) is 1. The molecule has 0 bridgehead atoms. The van der Waals surface area contributed by atoms with E-state index in [0.717, 1.165) is 16.1 Å². The van der Waals surface area contributed by atoms with Crippen LogP contribution in [-0.4, -0.2) is 40.3 Å². The van der Waals surface area contributed by atoms with Crippen LogP contribution in [-0.2, 0) is 21.4 Å². The summed E-state index contributed by atoms with van der Waals surface area (Å²) in [4.78, 5) is 12.8. The number of rotatable bonds is 9. The molecule has 2 rings (SSSR count). The van der Waals surface area contributed by atoms with Crippen molar-refractivity contribution in [2.75, 3.05) is 24.3 Å². The molecular formula is C20H25ClN2O5S. The van der Waals surface area contributed by atoms with Gasteiger partial charge in [0.15, 0.2) is 0 Å². The standard InChI is InChI=1S/C20H25ClN2O5S/c1-5-28-18-9-7-6-8-15(18)13-22-20(24)14(2)23(29(4,25)26)17-12-16(21)10-11-19(17)27-3/h6-12,14H,5,13H2,1-4H3,(H,22,24)/t14-/m1/s1. The first-order valence-electron chi connectivity index (χ1n) is 9.00. The van der Waals surface area contributed by atoms with Crippen LogP contribution in [0, 0.1) is 0 Å². The predicted octanol–water partition coefficient (Wildman–Crippen LogP) is 3.22. The van der Waals surface area contributed by atoms with Gasteiger partial charge in [-0.25, -0.2) is 8.42 Å². The average Bonchev–Trinajstić information content (AvgIpc) is 2.66. The van der Waals surface area contributed by atoms with Crippen molar-refractivity contribution in [3.8, 4) is 11.5 Å². The van der Waals surface area contributed by atoms with Crippen molar-refractivity contribution in [2.24, 2.45) is 0 Å². The maximum atomic E-state index is 12.8. The van der Waals surface area contributed by atoms with Gasteiger partial charge in [-0.05, 0) is 38.1 Å². The molecule has 0 heterocycles. The topological polar surface area (TPSA) is 84.9 Å².